The van der Waals surface area contributed by atoms with E-state index < -0.39 is 5.67 Å². The normalized spacial score (nSPS) is 36.8. The van der Waals surface area contributed by atoms with Crippen molar-refractivity contribution in [3.05, 3.63) is 0 Å². The second-order valence-corrected chi connectivity index (χ2v) is 4.59. The van der Waals surface area contributed by atoms with Crippen molar-refractivity contribution in [2.75, 3.05) is 32.8 Å². The highest BCUT2D eigenvalue weighted by atomic mass is 35.5. The van der Waals surface area contributed by atoms with Gasteiger partial charge in [-0.05, 0) is 25.8 Å². The molecular weight excluding hydrogens is 219 g/mol. The van der Waals surface area contributed by atoms with E-state index in [0.29, 0.717) is 19.0 Å². The van der Waals surface area contributed by atoms with Gasteiger partial charge in [0.05, 0.1) is 6.61 Å². The summed E-state index contributed by atoms with van der Waals surface area (Å²) < 4.78 is 13.7. The van der Waals surface area contributed by atoms with Crippen molar-refractivity contribution < 1.29 is 9.50 Å². The van der Waals surface area contributed by atoms with Gasteiger partial charge in [0.1, 0.15) is 5.67 Å². The second-order valence-electron chi connectivity index (χ2n) is 4.59. The third kappa shape index (κ3) is 3.28. The lowest BCUT2D eigenvalue weighted by atomic mass is 10.1. The van der Waals surface area contributed by atoms with Gasteiger partial charge in [-0.3, -0.25) is 4.90 Å². The van der Waals surface area contributed by atoms with Crippen LogP contribution in [0, 0.1) is 0 Å². The maximum Gasteiger partial charge on any atom is 0.147 e. The monoisotopic (exact) mass is 238 g/mol. The fourth-order valence-corrected chi connectivity index (χ4v) is 2.43. The zero-order valence-corrected chi connectivity index (χ0v) is 9.73. The molecule has 2 fully saturated rings. The summed E-state index contributed by atoms with van der Waals surface area (Å²) in [6, 6.07) is 0.538. The third-order valence-electron chi connectivity index (χ3n) is 3.31. The Morgan fingerprint density at radius 3 is 2.87 bits per heavy atom. The largest absolute Gasteiger partial charge is 0.393 e. The molecule has 0 aromatic carbocycles. The maximum atomic E-state index is 13.7. The van der Waals surface area contributed by atoms with Crippen molar-refractivity contribution in [1.29, 1.82) is 0 Å². The Morgan fingerprint density at radius 1 is 1.53 bits per heavy atom. The third-order valence-corrected chi connectivity index (χ3v) is 3.31. The van der Waals surface area contributed by atoms with E-state index in [1.807, 2.05) is 0 Å². The van der Waals surface area contributed by atoms with Crippen LogP contribution < -0.4 is 5.32 Å². The second kappa shape index (κ2) is 5.43. The number of nitrogens with one attached hydrogen (secondary N) is 1. The summed E-state index contributed by atoms with van der Waals surface area (Å²) in [7, 11) is 0. The molecule has 0 aliphatic carbocycles. The van der Waals surface area contributed by atoms with Crippen LogP contribution in [0.5, 0.6) is 0 Å². The molecule has 0 aromatic rings. The van der Waals surface area contributed by atoms with Crippen LogP contribution in [0.4, 0.5) is 4.39 Å². The van der Waals surface area contributed by atoms with Crippen molar-refractivity contribution in [2.24, 2.45) is 0 Å². The summed E-state index contributed by atoms with van der Waals surface area (Å²) in [5.41, 5.74) is -1.33. The Hall–Kier alpha value is 0.1000. The van der Waals surface area contributed by atoms with Gasteiger partial charge in [0.15, 0.2) is 0 Å². The van der Waals surface area contributed by atoms with E-state index in [9.17, 15) is 4.39 Å². The smallest absolute Gasteiger partial charge is 0.147 e. The molecule has 0 spiro atoms. The van der Waals surface area contributed by atoms with E-state index in [0.717, 1.165) is 19.6 Å². The highest BCUT2D eigenvalue weighted by Crippen LogP contribution is 2.25. The number of hydrogen-bond acceptors (Lipinski definition) is 3. The van der Waals surface area contributed by atoms with Crippen LogP contribution in [0.15, 0.2) is 0 Å². The van der Waals surface area contributed by atoms with E-state index >= 15 is 0 Å². The lowest BCUT2D eigenvalue weighted by Gasteiger charge is -2.21. The molecule has 2 N–H and O–H groups in total. The van der Waals surface area contributed by atoms with Gasteiger partial charge in [-0.15, -0.1) is 12.4 Å². The number of rotatable bonds is 3. The molecule has 2 aliphatic heterocycles. The fourth-order valence-electron chi connectivity index (χ4n) is 2.43. The van der Waals surface area contributed by atoms with Crippen LogP contribution in [-0.4, -0.2) is 54.5 Å². The first-order chi connectivity index (χ1) is 6.72. The summed E-state index contributed by atoms with van der Waals surface area (Å²) in [5, 5.41) is 12.3. The van der Waals surface area contributed by atoms with Gasteiger partial charge in [-0.25, -0.2) is 4.39 Å². The summed E-state index contributed by atoms with van der Waals surface area (Å²) in [5.74, 6) is 0. The van der Waals surface area contributed by atoms with Crippen LogP contribution in [0.25, 0.3) is 0 Å². The molecule has 2 aliphatic rings. The molecule has 2 saturated heterocycles. The molecule has 0 amide bonds. The van der Waals surface area contributed by atoms with E-state index in [-0.39, 0.29) is 19.0 Å². The minimum atomic E-state index is -1.33. The van der Waals surface area contributed by atoms with Gasteiger partial charge >= 0.3 is 0 Å². The molecule has 0 radical (unpaired) electrons. The van der Waals surface area contributed by atoms with Crippen LogP contribution in [0.1, 0.15) is 19.3 Å². The number of alkyl halides is 1. The van der Waals surface area contributed by atoms with Crippen molar-refractivity contribution >= 4 is 12.4 Å². The van der Waals surface area contributed by atoms with Gasteiger partial charge in [0, 0.05) is 25.7 Å². The maximum absolute atomic E-state index is 13.7. The lowest BCUT2D eigenvalue weighted by molar-refractivity contribution is 0.0768. The Kier molecular flexibility index (Phi) is 4.77. The number of nitrogens with zero attached hydrogens (tertiary/aromatic N) is 1. The van der Waals surface area contributed by atoms with Gasteiger partial charge in [-0.1, -0.05) is 0 Å². The number of hydrogen-bond donors (Lipinski definition) is 2. The van der Waals surface area contributed by atoms with Gasteiger partial charge < -0.3 is 10.4 Å². The standard InChI is InChI=1S/C10H19FN2O.ClH/c11-10(8-14)3-5-13(7-10)6-9-2-1-4-12-9;/h9,12,14H,1-8H2;1H/t9-,10?;/m0./s1. The van der Waals surface area contributed by atoms with Crippen molar-refractivity contribution in [3.63, 3.8) is 0 Å². The predicted octanol–water partition coefficient (Wildman–Crippen LogP) is 0.567. The SMILES string of the molecule is Cl.OCC1(F)CCN(C[C@@H]2CCCN2)C1. The molecular formula is C10H20ClFN2O. The van der Waals surface area contributed by atoms with E-state index in [1.165, 1.54) is 12.8 Å². The van der Waals surface area contributed by atoms with Gasteiger partial charge in [0.25, 0.3) is 0 Å². The number of halogens is 2. The minimum Gasteiger partial charge on any atom is -0.393 e. The van der Waals surface area contributed by atoms with Crippen molar-refractivity contribution in [2.45, 2.75) is 31.0 Å². The first-order valence-corrected chi connectivity index (χ1v) is 5.47. The van der Waals surface area contributed by atoms with Gasteiger partial charge in [0.2, 0.25) is 0 Å². The molecule has 15 heavy (non-hydrogen) atoms. The Balaban J connectivity index is 0.00000112. The molecule has 2 atom stereocenters. The summed E-state index contributed by atoms with van der Waals surface area (Å²) in [6.07, 6.45) is 2.92. The molecule has 2 rings (SSSR count). The number of aliphatic hydroxyl groups excluding tert-OH is 1. The van der Waals surface area contributed by atoms with Crippen LogP contribution in [-0.2, 0) is 0 Å². The van der Waals surface area contributed by atoms with Crippen LogP contribution in [0.2, 0.25) is 0 Å². The van der Waals surface area contributed by atoms with Crippen LogP contribution in [0.3, 0.4) is 0 Å². The topological polar surface area (TPSA) is 35.5 Å². The van der Waals surface area contributed by atoms with Crippen molar-refractivity contribution in [1.82, 2.24) is 10.2 Å². The molecule has 90 valence electrons. The summed E-state index contributed by atoms with van der Waals surface area (Å²) >= 11 is 0. The first-order valence-electron chi connectivity index (χ1n) is 5.47. The molecule has 3 nitrogen and oxygen atoms in total. The van der Waals surface area contributed by atoms with Crippen molar-refractivity contribution in [3.8, 4) is 0 Å². The quantitative estimate of drug-likeness (QED) is 0.755. The average molecular weight is 239 g/mol. The minimum absolute atomic E-state index is 0. The zero-order chi connectivity index (χ0) is 10.0. The number of aliphatic hydroxyl groups is 1. The Morgan fingerprint density at radius 2 is 2.33 bits per heavy atom. The predicted molar refractivity (Wildman–Crippen MR) is 60.3 cm³/mol. The molecule has 0 saturated carbocycles. The van der Waals surface area contributed by atoms with E-state index in [1.54, 1.807) is 0 Å². The Labute approximate surface area is 96.4 Å². The lowest BCUT2D eigenvalue weighted by Crippen LogP contribution is -2.39. The highest BCUT2D eigenvalue weighted by Gasteiger charge is 2.38. The molecule has 2 heterocycles. The average Bonchev–Trinajstić information content (AvgIpc) is 2.78. The number of likely N-dealkylation sites (tertiary alicyclic amines) is 1. The Bertz CT molecular complexity index is 202. The molecule has 0 bridgehead atoms. The summed E-state index contributed by atoms with van der Waals surface area (Å²) in [6.45, 7) is 2.89. The van der Waals surface area contributed by atoms with E-state index in [2.05, 4.69) is 10.2 Å². The summed E-state index contributed by atoms with van der Waals surface area (Å²) in [4.78, 5) is 2.12. The van der Waals surface area contributed by atoms with E-state index in [4.69, 9.17) is 5.11 Å². The van der Waals surface area contributed by atoms with Gasteiger partial charge in [-0.2, -0.15) is 0 Å². The molecule has 5 heteroatoms. The molecule has 0 aromatic heterocycles. The zero-order valence-electron chi connectivity index (χ0n) is 8.91. The first kappa shape index (κ1) is 13.2. The van der Waals surface area contributed by atoms with Crippen LogP contribution >= 0.6 is 12.4 Å². The highest BCUT2D eigenvalue weighted by molar-refractivity contribution is 5.85. The fraction of sp³-hybridized carbons (Fsp3) is 1.00. The molecule has 1 unspecified atom stereocenters.